The van der Waals surface area contributed by atoms with Crippen LogP contribution in [0.4, 0.5) is 0 Å². The first-order valence-corrected chi connectivity index (χ1v) is 5.44. The standard InChI is InChI=1S/C8H8O2.C6H6O3/c1-10-8(9)7-5-3-2-4-6-7;1-8-6(7)5-3-2-4-9-5/h2-6H,1H3;2-4H,1H3. The van der Waals surface area contributed by atoms with Gasteiger partial charge >= 0.3 is 11.9 Å². The van der Waals surface area contributed by atoms with Crippen molar-refractivity contribution in [1.29, 1.82) is 0 Å². The fourth-order valence-electron chi connectivity index (χ4n) is 1.19. The molecule has 1 aromatic heterocycles. The summed E-state index contributed by atoms with van der Waals surface area (Å²) in [5.74, 6) is -0.502. The van der Waals surface area contributed by atoms with E-state index in [1.807, 2.05) is 6.07 Å². The third kappa shape index (κ3) is 4.67. The van der Waals surface area contributed by atoms with E-state index < -0.39 is 5.97 Å². The molecule has 0 fully saturated rings. The van der Waals surface area contributed by atoms with Gasteiger partial charge in [0.25, 0.3) is 0 Å². The summed E-state index contributed by atoms with van der Waals surface area (Å²) in [6, 6.07) is 12.1. The van der Waals surface area contributed by atoms with Gasteiger partial charge in [0.05, 0.1) is 26.0 Å². The summed E-state index contributed by atoms with van der Waals surface area (Å²) < 4.78 is 13.6. The Labute approximate surface area is 110 Å². The number of rotatable bonds is 2. The van der Waals surface area contributed by atoms with E-state index in [9.17, 15) is 9.59 Å². The Hall–Kier alpha value is -2.56. The van der Waals surface area contributed by atoms with Crippen molar-refractivity contribution in [2.24, 2.45) is 0 Å². The van der Waals surface area contributed by atoms with Gasteiger partial charge < -0.3 is 13.9 Å². The minimum atomic E-state index is -0.444. The molecule has 0 saturated heterocycles. The second-order valence-electron chi connectivity index (χ2n) is 3.33. The highest BCUT2D eigenvalue weighted by Gasteiger charge is 2.05. The van der Waals surface area contributed by atoms with Crippen LogP contribution in [0.2, 0.25) is 0 Å². The number of ether oxygens (including phenoxy) is 2. The van der Waals surface area contributed by atoms with Crippen molar-refractivity contribution < 1.29 is 23.5 Å². The van der Waals surface area contributed by atoms with Crippen molar-refractivity contribution in [3.8, 4) is 0 Å². The lowest BCUT2D eigenvalue weighted by molar-refractivity contribution is 0.0563. The zero-order valence-electron chi connectivity index (χ0n) is 10.7. The lowest BCUT2D eigenvalue weighted by Crippen LogP contribution is -1.99. The van der Waals surface area contributed by atoms with Crippen molar-refractivity contribution >= 4 is 11.9 Å². The van der Waals surface area contributed by atoms with Gasteiger partial charge in [-0.25, -0.2) is 9.59 Å². The number of methoxy groups -OCH3 is 2. The first-order valence-electron chi connectivity index (χ1n) is 5.44. The maximum Gasteiger partial charge on any atom is 0.373 e. The van der Waals surface area contributed by atoms with E-state index in [0.29, 0.717) is 5.56 Å². The molecule has 5 nitrogen and oxygen atoms in total. The summed E-state index contributed by atoms with van der Waals surface area (Å²) >= 11 is 0. The number of benzene rings is 1. The van der Waals surface area contributed by atoms with Crippen LogP contribution in [-0.4, -0.2) is 26.2 Å². The molecule has 0 unspecified atom stereocenters. The van der Waals surface area contributed by atoms with Gasteiger partial charge in [0.2, 0.25) is 5.76 Å². The summed E-state index contributed by atoms with van der Waals surface area (Å²) in [4.78, 5) is 21.3. The fourth-order valence-corrected chi connectivity index (χ4v) is 1.19. The second kappa shape index (κ2) is 7.71. The van der Waals surface area contributed by atoms with Gasteiger partial charge in [-0.2, -0.15) is 0 Å². The summed E-state index contributed by atoms with van der Waals surface area (Å²) in [5.41, 5.74) is 0.588. The average Bonchev–Trinajstić information content (AvgIpc) is 3.01. The molecule has 0 radical (unpaired) electrons. The molecule has 0 aliphatic heterocycles. The van der Waals surface area contributed by atoms with Gasteiger partial charge in [-0.3, -0.25) is 0 Å². The molecule has 0 amide bonds. The molecule has 0 aliphatic rings. The predicted molar refractivity (Wildman–Crippen MR) is 67.8 cm³/mol. The minimum absolute atomic E-state index is 0.234. The van der Waals surface area contributed by atoms with Crippen molar-refractivity contribution in [2.45, 2.75) is 0 Å². The Morgan fingerprint density at radius 2 is 1.53 bits per heavy atom. The largest absolute Gasteiger partial charge is 0.465 e. The highest BCUT2D eigenvalue weighted by atomic mass is 16.5. The minimum Gasteiger partial charge on any atom is -0.465 e. The van der Waals surface area contributed by atoms with Crippen LogP contribution in [0.1, 0.15) is 20.9 Å². The highest BCUT2D eigenvalue weighted by molar-refractivity contribution is 5.89. The van der Waals surface area contributed by atoms with Crippen molar-refractivity contribution in [1.82, 2.24) is 0 Å². The van der Waals surface area contributed by atoms with E-state index in [0.717, 1.165) is 0 Å². The molecule has 1 heterocycles. The van der Waals surface area contributed by atoms with Crippen molar-refractivity contribution in [3.63, 3.8) is 0 Å². The maximum atomic E-state index is 10.8. The molecule has 0 aliphatic carbocycles. The summed E-state index contributed by atoms with van der Waals surface area (Å²) in [6.07, 6.45) is 1.42. The smallest absolute Gasteiger partial charge is 0.373 e. The Bertz CT molecular complexity index is 502. The average molecular weight is 262 g/mol. The quantitative estimate of drug-likeness (QED) is 0.778. The lowest BCUT2D eigenvalue weighted by Gasteiger charge is -1.95. The lowest BCUT2D eigenvalue weighted by atomic mass is 10.2. The number of carbonyl (C=O) groups is 2. The van der Waals surface area contributed by atoms with Crippen LogP contribution in [-0.2, 0) is 9.47 Å². The molecule has 1 aromatic carbocycles. The highest BCUT2D eigenvalue weighted by Crippen LogP contribution is 2.00. The normalized spacial score (nSPS) is 8.95. The zero-order chi connectivity index (χ0) is 14.1. The first kappa shape index (κ1) is 14.5. The fraction of sp³-hybridized carbons (Fsp3) is 0.143. The third-order valence-corrected chi connectivity index (χ3v) is 2.10. The number of hydrogen-bond donors (Lipinski definition) is 0. The number of furan rings is 1. The predicted octanol–water partition coefficient (Wildman–Crippen LogP) is 2.54. The van der Waals surface area contributed by atoms with Gasteiger partial charge in [0.15, 0.2) is 0 Å². The van der Waals surface area contributed by atoms with Crippen LogP contribution in [0.15, 0.2) is 53.1 Å². The van der Waals surface area contributed by atoms with E-state index in [1.54, 1.807) is 36.4 Å². The van der Waals surface area contributed by atoms with E-state index in [1.165, 1.54) is 20.5 Å². The van der Waals surface area contributed by atoms with E-state index in [4.69, 9.17) is 4.42 Å². The molecular weight excluding hydrogens is 248 g/mol. The summed E-state index contributed by atoms with van der Waals surface area (Å²) in [7, 11) is 2.68. The van der Waals surface area contributed by atoms with Crippen LogP contribution >= 0.6 is 0 Å². The molecule has 100 valence electrons. The Morgan fingerprint density at radius 3 is 2.00 bits per heavy atom. The van der Waals surface area contributed by atoms with Crippen LogP contribution in [0, 0.1) is 0 Å². The molecule has 2 aromatic rings. The Kier molecular flexibility index (Phi) is 5.88. The van der Waals surface area contributed by atoms with Crippen LogP contribution in [0.3, 0.4) is 0 Å². The molecule has 2 rings (SSSR count). The molecule has 0 spiro atoms. The number of hydrogen-bond acceptors (Lipinski definition) is 5. The van der Waals surface area contributed by atoms with E-state index in [-0.39, 0.29) is 11.7 Å². The molecule has 0 N–H and O–H groups in total. The molecule has 0 atom stereocenters. The molecule has 0 bridgehead atoms. The van der Waals surface area contributed by atoms with E-state index >= 15 is 0 Å². The number of esters is 2. The topological polar surface area (TPSA) is 65.7 Å². The molecule has 19 heavy (non-hydrogen) atoms. The van der Waals surface area contributed by atoms with Gasteiger partial charge in [0, 0.05) is 0 Å². The molecule has 0 saturated carbocycles. The molecular formula is C14H14O5. The van der Waals surface area contributed by atoms with Crippen molar-refractivity contribution in [2.75, 3.05) is 14.2 Å². The van der Waals surface area contributed by atoms with Gasteiger partial charge in [-0.1, -0.05) is 18.2 Å². The number of carbonyl (C=O) groups excluding carboxylic acids is 2. The van der Waals surface area contributed by atoms with Crippen LogP contribution in [0.5, 0.6) is 0 Å². The van der Waals surface area contributed by atoms with Gasteiger partial charge in [0.1, 0.15) is 0 Å². The van der Waals surface area contributed by atoms with Gasteiger partial charge in [-0.15, -0.1) is 0 Å². The maximum absolute atomic E-state index is 10.8. The SMILES string of the molecule is COC(=O)c1ccccc1.COC(=O)c1ccco1. The zero-order valence-corrected chi connectivity index (χ0v) is 10.7. The summed E-state index contributed by atoms with van der Waals surface area (Å²) in [5, 5.41) is 0. The van der Waals surface area contributed by atoms with Gasteiger partial charge in [-0.05, 0) is 24.3 Å². The van der Waals surface area contributed by atoms with Crippen LogP contribution < -0.4 is 0 Å². The Balaban J connectivity index is 0.000000191. The van der Waals surface area contributed by atoms with Crippen LogP contribution in [0.25, 0.3) is 0 Å². The van der Waals surface area contributed by atoms with E-state index in [2.05, 4.69) is 9.47 Å². The van der Waals surface area contributed by atoms with Crippen molar-refractivity contribution in [3.05, 3.63) is 60.1 Å². The third-order valence-electron chi connectivity index (χ3n) is 2.10. The summed E-state index contributed by atoms with van der Waals surface area (Å²) in [6.45, 7) is 0. The second-order valence-corrected chi connectivity index (χ2v) is 3.33. The Morgan fingerprint density at radius 1 is 0.895 bits per heavy atom. The molecule has 5 heteroatoms. The first-order chi connectivity index (χ1) is 9.19. The monoisotopic (exact) mass is 262 g/mol.